The van der Waals surface area contributed by atoms with E-state index in [0.717, 1.165) is 25.7 Å². The standard InChI is InChI=1S/C8H18O2.C6H14O3/c9-7-5-3-1-2-4-6-8-10;1-2-6(3-7,4-8)5-9/h9-10H,1-8H2;7-9H,2-5H2,1H3. The Hall–Kier alpha value is -0.200. The molecule has 0 atom stereocenters. The third-order valence-electron chi connectivity index (χ3n) is 3.32. The first kappa shape index (κ1) is 21.1. The molecule has 0 aliphatic rings. The molecule has 0 aromatic carbocycles. The third-order valence-corrected chi connectivity index (χ3v) is 3.32. The largest absolute Gasteiger partial charge is 0.396 e. The summed E-state index contributed by atoms with van der Waals surface area (Å²) in [6.07, 6.45) is 7.10. The van der Waals surface area contributed by atoms with Gasteiger partial charge in [0.2, 0.25) is 0 Å². The first-order chi connectivity index (χ1) is 9.16. The van der Waals surface area contributed by atoms with Crippen molar-refractivity contribution in [3.8, 4) is 0 Å². The molecule has 0 amide bonds. The Bertz CT molecular complexity index is 134. The predicted molar refractivity (Wildman–Crippen MR) is 75.9 cm³/mol. The zero-order valence-electron chi connectivity index (χ0n) is 12.2. The van der Waals surface area contributed by atoms with E-state index in [4.69, 9.17) is 25.5 Å². The van der Waals surface area contributed by atoms with Crippen LogP contribution in [0.3, 0.4) is 0 Å². The highest BCUT2D eigenvalue weighted by Gasteiger charge is 2.24. The van der Waals surface area contributed by atoms with E-state index in [-0.39, 0.29) is 19.8 Å². The Balaban J connectivity index is 0. The molecule has 0 saturated heterocycles. The molecule has 0 radical (unpaired) electrons. The lowest BCUT2D eigenvalue weighted by Gasteiger charge is -2.24. The van der Waals surface area contributed by atoms with Crippen LogP contribution in [0, 0.1) is 5.41 Å². The Labute approximate surface area is 116 Å². The highest BCUT2D eigenvalue weighted by Crippen LogP contribution is 2.18. The predicted octanol–water partition coefficient (Wildman–Crippen LogP) is 0.671. The molecule has 0 saturated carbocycles. The maximum atomic E-state index is 8.66. The van der Waals surface area contributed by atoms with Crippen LogP contribution in [0.1, 0.15) is 51.9 Å². The molecule has 0 fully saturated rings. The van der Waals surface area contributed by atoms with E-state index in [1.54, 1.807) is 0 Å². The second-order valence-electron chi connectivity index (χ2n) is 4.90. The van der Waals surface area contributed by atoms with Gasteiger partial charge in [0.15, 0.2) is 0 Å². The van der Waals surface area contributed by atoms with Crippen molar-refractivity contribution in [1.29, 1.82) is 0 Å². The van der Waals surface area contributed by atoms with Crippen molar-refractivity contribution in [1.82, 2.24) is 0 Å². The summed E-state index contributed by atoms with van der Waals surface area (Å²) in [5.41, 5.74) is -0.667. The van der Waals surface area contributed by atoms with Crippen LogP contribution in [0.15, 0.2) is 0 Å². The van der Waals surface area contributed by atoms with Crippen LogP contribution in [-0.2, 0) is 0 Å². The lowest BCUT2D eigenvalue weighted by molar-refractivity contribution is 0.00304. The number of aliphatic hydroxyl groups excluding tert-OH is 5. The fourth-order valence-electron chi connectivity index (χ4n) is 1.42. The number of rotatable bonds is 11. The molecule has 0 unspecified atom stereocenters. The van der Waals surface area contributed by atoms with E-state index < -0.39 is 5.41 Å². The van der Waals surface area contributed by atoms with Gasteiger partial charge in [0.05, 0.1) is 19.8 Å². The summed E-state index contributed by atoms with van der Waals surface area (Å²) in [6, 6.07) is 0. The van der Waals surface area contributed by atoms with Crippen molar-refractivity contribution in [2.75, 3.05) is 33.0 Å². The van der Waals surface area contributed by atoms with E-state index in [0.29, 0.717) is 19.6 Å². The van der Waals surface area contributed by atoms with Crippen LogP contribution in [0.25, 0.3) is 0 Å². The normalized spacial score (nSPS) is 11.1. The summed E-state index contributed by atoms with van der Waals surface area (Å²) in [5, 5.41) is 42.8. The number of unbranched alkanes of at least 4 members (excludes halogenated alkanes) is 5. The fourth-order valence-corrected chi connectivity index (χ4v) is 1.42. The van der Waals surface area contributed by atoms with Gasteiger partial charge in [-0.1, -0.05) is 32.6 Å². The summed E-state index contributed by atoms with van der Waals surface area (Å²) in [4.78, 5) is 0. The van der Waals surface area contributed by atoms with Gasteiger partial charge in [0, 0.05) is 18.6 Å². The minimum atomic E-state index is -0.667. The van der Waals surface area contributed by atoms with Gasteiger partial charge in [-0.2, -0.15) is 0 Å². The zero-order valence-corrected chi connectivity index (χ0v) is 12.2. The quantitative estimate of drug-likeness (QED) is 0.358. The third kappa shape index (κ3) is 12.6. The summed E-state index contributed by atoms with van der Waals surface area (Å²) in [7, 11) is 0. The first-order valence-corrected chi connectivity index (χ1v) is 7.20. The topological polar surface area (TPSA) is 101 Å². The Kier molecular flexibility index (Phi) is 17.6. The molecule has 5 nitrogen and oxygen atoms in total. The molecule has 0 aliphatic carbocycles. The molecule has 0 heterocycles. The Morgan fingerprint density at radius 1 is 0.579 bits per heavy atom. The second-order valence-corrected chi connectivity index (χ2v) is 4.90. The minimum absolute atomic E-state index is 0.156. The molecule has 0 aliphatic heterocycles. The van der Waals surface area contributed by atoms with E-state index in [1.165, 1.54) is 12.8 Å². The molecule has 118 valence electrons. The van der Waals surface area contributed by atoms with Crippen molar-refractivity contribution in [2.45, 2.75) is 51.9 Å². The molecule has 0 spiro atoms. The van der Waals surface area contributed by atoms with Crippen LogP contribution < -0.4 is 0 Å². The maximum absolute atomic E-state index is 8.66. The van der Waals surface area contributed by atoms with Crippen molar-refractivity contribution in [3.05, 3.63) is 0 Å². The Morgan fingerprint density at radius 2 is 0.895 bits per heavy atom. The zero-order chi connectivity index (χ0) is 15.0. The molecule has 0 aromatic heterocycles. The first-order valence-electron chi connectivity index (χ1n) is 7.20. The van der Waals surface area contributed by atoms with Gasteiger partial charge in [0.25, 0.3) is 0 Å². The maximum Gasteiger partial charge on any atom is 0.0531 e. The van der Waals surface area contributed by atoms with Crippen molar-refractivity contribution >= 4 is 0 Å². The summed E-state index contributed by atoms with van der Waals surface area (Å²) in [5.74, 6) is 0. The van der Waals surface area contributed by atoms with Crippen molar-refractivity contribution in [2.24, 2.45) is 5.41 Å². The highest BCUT2D eigenvalue weighted by atomic mass is 16.3. The lowest BCUT2D eigenvalue weighted by Crippen LogP contribution is -2.32. The lowest BCUT2D eigenvalue weighted by atomic mass is 9.88. The minimum Gasteiger partial charge on any atom is -0.396 e. The van der Waals surface area contributed by atoms with Crippen LogP contribution in [0.2, 0.25) is 0 Å². The summed E-state index contributed by atoms with van der Waals surface area (Å²) in [6.45, 7) is 1.99. The van der Waals surface area contributed by atoms with Crippen molar-refractivity contribution in [3.63, 3.8) is 0 Å². The summed E-state index contributed by atoms with van der Waals surface area (Å²) < 4.78 is 0. The average molecular weight is 280 g/mol. The molecule has 5 N–H and O–H groups in total. The molecular formula is C14H32O5. The van der Waals surface area contributed by atoms with E-state index in [9.17, 15) is 0 Å². The number of hydrogen-bond acceptors (Lipinski definition) is 5. The average Bonchev–Trinajstić information content (AvgIpc) is 2.47. The monoisotopic (exact) mass is 280 g/mol. The SMILES string of the molecule is CCC(CO)(CO)CO.OCCCCCCCCO. The van der Waals surface area contributed by atoms with Crippen LogP contribution in [0.5, 0.6) is 0 Å². The molecule has 0 bridgehead atoms. The van der Waals surface area contributed by atoms with Gasteiger partial charge in [0.1, 0.15) is 0 Å². The second kappa shape index (κ2) is 15.9. The molecule has 19 heavy (non-hydrogen) atoms. The van der Waals surface area contributed by atoms with Gasteiger partial charge in [-0.25, -0.2) is 0 Å². The van der Waals surface area contributed by atoms with Gasteiger partial charge < -0.3 is 25.5 Å². The van der Waals surface area contributed by atoms with Gasteiger partial charge in [-0.3, -0.25) is 0 Å². The summed E-state index contributed by atoms with van der Waals surface area (Å²) >= 11 is 0. The van der Waals surface area contributed by atoms with E-state index in [2.05, 4.69) is 0 Å². The Morgan fingerprint density at radius 3 is 1.05 bits per heavy atom. The van der Waals surface area contributed by atoms with Gasteiger partial charge in [-0.15, -0.1) is 0 Å². The molecular weight excluding hydrogens is 248 g/mol. The fraction of sp³-hybridized carbons (Fsp3) is 1.00. The molecule has 5 heteroatoms. The van der Waals surface area contributed by atoms with Crippen LogP contribution in [0.4, 0.5) is 0 Å². The van der Waals surface area contributed by atoms with Crippen LogP contribution in [-0.4, -0.2) is 58.6 Å². The van der Waals surface area contributed by atoms with Crippen LogP contribution >= 0.6 is 0 Å². The van der Waals surface area contributed by atoms with Gasteiger partial charge in [-0.05, 0) is 19.3 Å². The number of hydrogen-bond donors (Lipinski definition) is 5. The molecule has 0 aromatic rings. The smallest absolute Gasteiger partial charge is 0.0531 e. The van der Waals surface area contributed by atoms with E-state index in [1.807, 2.05) is 6.92 Å². The van der Waals surface area contributed by atoms with Crippen molar-refractivity contribution < 1.29 is 25.5 Å². The number of aliphatic hydroxyl groups is 5. The molecule has 0 rings (SSSR count). The highest BCUT2D eigenvalue weighted by molar-refractivity contribution is 4.74. The van der Waals surface area contributed by atoms with E-state index >= 15 is 0 Å². The van der Waals surface area contributed by atoms with Gasteiger partial charge >= 0.3 is 0 Å².